The third-order valence-corrected chi connectivity index (χ3v) is 5.71. The second-order valence-electron chi connectivity index (χ2n) is 6.53. The van der Waals surface area contributed by atoms with E-state index in [4.69, 9.17) is 0 Å². The molecule has 0 aliphatic carbocycles. The van der Waals surface area contributed by atoms with Crippen molar-refractivity contribution in [1.82, 2.24) is 14.8 Å². The van der Waals surface area contributed by atoms with Gasteiger partial charge in [0.25, 0.3) is 0 Å². The molecule has 1 aliphatic rings. The van der Waals surface area contributed by atoms with Crippen LogP contribution in [0.15, 0.2) is 35.8 Å². The summed E-state index contributed by atoms with van der Waals surface area (Å²) in [5.74, 6) is 0.552. The van der Waals surface area contributed by atoms with Crippen molar-refractivity contribution in [2.75, 3.05) is 26.2 Å². The Balaban J connectivity index is 1.47. The summed E-state index contributed by atoms with van der Waals surface area (Å²) in [4.78, 5) is 22.7. The second-order valence-corrected chi connectivity index (χ2v) is 7.47. The number of amides is 1. The molecule has 1 fully saturated rings. The number of rotatable bonds is 5. The van der Waals surface area contributed by atoms with Gasteiger partial charge < -0.3 is 4.90 Å². The van der Waals surface area contributed by atoms with Crippen molar-refractivity contribution in [1.29, 1.82) is 0 Å². The number of carbonyl (C=O) groups is 1. The average Bonchev–Trinajstić information content (AvgIpc) is 3.01. The minimum Gasteiger partial charge on any atom is -0.340 e. The van der Waals surface area contributed by atoms with Crippen LogP contribution < -0.4 is 0 Å². The number of carbonyl (C=O) groups excluding carboxylic acids is 1. The average molecular weight is 343 g/mol. The minimum atomic E-state index is 0.275. The maximum atomic E-state index is 12.6. The predicted molar refractivity (Wildman–Crippen MR) is 98.2 cm³/mol. The van der Waals surface area contributed by atoms with Crippen LogP contribution in [0.1, 0.15) is 35.4 Å². The van der Waals surface area contributed by atoms with E-state index in [9.17, 15) is 4.79 Å². The van der Waals surface area contributed by atoms with Crippen LogP contribution in [0.3, 0.4) is 0 Å². The van der Waals surface area contributed by atoms with Crippen LogP contribution >= 0.6 is 11.3 Å². The molecule has 1 saturated heterocycles. The molecule has 1 aromatic heterocycles. The molecular formula is C19H25N3OS. The van der Waals surface area contributed by atoms with Crippen LogP contribution in [0.25, 0.3) is 0 Å². The Bertz CT molecular complexity index is 662. The molecule has 5 heteroatoms. The smallest absolute Gasteiger partial charge is 0.223 e. The highest BCUT2D eigenvalue weighted by atomic mass is 32.1. The molecule has 0 radical (unpaired) electrons. The van der Waals surface area contributed by atoms with Crippen molar-refractivity contribution in [3.05, 3.63) is 52.0 Å². The standard InChI is InChI=1S/C19H25N3OS/c1-15(17-6-4-3-5-7-17)12-19(23)22-10-8-21(9-11-22)13-18-16(2)20-14-24-18/h3-7,14-15H,8-13H2,1-2H3/t15-/m1/s1. The van der Waals surface area contributed by atoms with Crippen LogP contribution in [-0.4, -0.2) is 46.9 Å². The zero-order valence-electron chi connectivity index (χ0n) is 14.4. The third-order valence-electron chi connectivity index (χ3n) is 4.79. The molecule has 3 rings (SSSR count). The molecule has 1 aliphatic heterocycles. The van der Waals surface area contributed by atoms with Gasteiger partial charge in [-0.3, -0.25) is 9.69 Å². The van der Waals surface area contributed by atoms with E-state index in [1.807, 2.05) is 28.6 Å². The predicted octanol–water partition coefficient (Wildman–Crippen LogP) is 3.29. The molecule has 128 valence electrons. The molecule has 1 aromatic carbocycles. The zero-order valence-corrected chi connectivity index (χ0v) is 15.3. The van der Waals surface area contributed by atoms with Gasteiger partial charge in [0.2, 0.25) is 5.91 Å². The van der Waals surface area contributed by atoms with Gasteiger partial charge in [0.05, 0.1) is 11.2 Å². The van der Waals surface area contributed by atoms with Crippen LogP contribution in [0.5, 0.6) is 0 Å². The van der Waals surface area contributed by atoms with Gasteiger partial charge in [-0.25, -0.2) is 4.98 Å². The second kappa shape index (κ2) is 7.90. The van der Waals surface area contributed by atoms with E-state index in [1.54, 1.807) is 11.3 Å². The Hall–Kier alpha value is -1.72. The number of aromatic nitrogens is 1. The Morgan fingerprint density at radius 2 is 1.92 bits per heavy atom. The Labute approximate surface area is 148 Å². The lowest BCUT2D eigenvalue weighted by molar-refractivity contribution is -0.133. The van der Waals surface area contributed by atoms with Crippen molar-refractivity contribution < 1.29 is 4.79 Å². The number of piperazine rings is 1. The Morgan fingerprint density at radius 3 is 2.54 bits per heavy atom. The van der Waals surface area contributed by atoms with Crippen molar-refractivity contribution in [2.24, 2.45) is 0 Å². The molecule has 1 atom stereocenters. The zero-order chi connectivity index (χ0) is 16.9. The molecule has 1 amide bonds. The van der Waals surface area contributed by atoms with Gasteiger partial charge in [-0.15, -0.1) is 11.3 Å². The minimum absolute atomic E-state index is 0.275. The summed E-state index contributed by atoms with van der Waals surface area (Å²) < 4.78 is 0. The molecule has 24 heavy (non-hydrogen) atoms. The highest BCUT2D eigenvalue weighted by Gasteiger charge is 2.23. The summed E-state index contributed by atoms with van der Waals surface area (Å²) in [7, 11) is 0. The van der Waals surface area contributed by atoms with Gasteiger partial charge >= 0.3 is 0 Å². The SMILES string of the molecule is Cc1ncsc1CN1CCN(C(=O)C[C@@H](C)c2ccccc2)CC1. The lowest BCUT2D eigenvalue weighted by Crippen LogP contribution is -2.48. The monoisotopic (exact) mass is 343 g/mol. The quantitative estimate of drug-likeness (QED) is 0.836. The van der Waals surface area contributed by atoms with E-state index < -0.39 is 0 Å². The molecule has 0 unspecified atom stereocenters. The summed E-state index contributed by atoms with van der Waals surface area (Å²) in [6, 6.07) is 10.3. The van der Waals surface area contributed by atoms with Gasteiger partial charge in [-0.2, -0.15) is 0 Å². The summed E-state index contributed by atoms with van der Waals surface area (Å²) in [6.07, 6.45) is 0.595. The number of hydrogen-bond acceptors (Lipinski definition) is 4. The first-order valence-corrected chi connectivity index (χ1v) is 9.45. The largest absolute Gasteiger partial charge is 0.340 e. The van der Waals surface area contributed by atoms with Crippen molar-refractivity contribution in [3.8, 4) is 0 Å². The van der Waals surface area contributed by atoms with E-state index in [0.29, 0.717) is 6.42 Å². The lowest BCUT2D eigenvalue weighted by atomic mass is 9.97. The summed E-state index contributed by atoms with van der Waals surface area (Å²) in [5.41, 5.74) is 4.29. The maximum Gasteiger partial charge on any atom is 0.223 e. The Kier molecular flexibility index (Phi) is 5.63. The van der Waals surface area contributed by atoms with Gasteiger partial charge in [0.1, 0.15) is 0 Å². The third kappa shape index (κ3) is 4.22. The molecule has 4 nitrogen and oxygen atoms in total. The van der Waals surface area contributed by atoms with Crippen LogP contribution in [0, 0.1) is 6.92 Å². The molecule has 0 N–H and O–H groups in total. The van der Waals surface area contributed by atoms with Crippen molar-refractivity contribution in [2.45, 2.75) is 32.7 Å². The van der Waals surface area contributed by atoms with E-state index >= 15 is 0 Å². The molecule has 2 heterocycles. The first kappa shape index (κ1) is 17.1. The lowest BCUT2D eigenvalue weighted by Gasteiger charge is -2.35. The number of benzene rings is 1. The van der Waals surface area contributed by atoms with Crippen LogP contribution in [0.2, 0.25) is 0 Å². The van der Waals surface area contributed by atoms with Crippen molar-refractivity contribution in [3.63, 3.8) is 0 Å². The van der Waals surface area contributed by atoms with Crippen molar-refractivity contribution >= 4 is 17.2 Å². The fraction of sp³-hybridized carbons (Fsp3) is 0.474. The first-order chi connectivity index (χ1) is 11.6. The molecule has 2 aromatic rings. The van der Waals surface area contributed by atoms with E-state index in [0.717, 1.165) is 38.4 Å². The fourth-order valence-corrected chi connectivity index (χ4v) is 3.95. The molecule has 0 bridgehead atoms. The topological polar surface area (TPSA) is 36.4 Å². The van der Waals surface area contributed by atoms with Gasteiger partial charge in [0.15, 0.2) is 0 Å². The number of nitrogens with zero attached hydrogens (tertiary/aromatic N) is 3. The normalized spacial score (nSPS) is 17.0. The highest BCUT2D eigenvalue weighted by Crippen LogP contribution is 2.21. The summed E-state index contributed by atoms with van der Waals surface area (Å²) in [6.45, 7) is 8.72. The van der Waals surface area contributed by atoms with E-state index in [1.165, 1.54) is 10.4 Å². The van der Waals surface area contributed by atoms with E-state index in [2.05, 4.69) is 35.9 Å². The summed E-state index contributed by atoms with van der Waals surface area (Å²) in [5, 5.41) is 0. The van der Waals surface area contributed by atoms with Gasteiger partial charge in [-0.05, 0) is 18.4 Å². The molecule has 0 saturated carbocycles. The molecule has 0 spiro atoms. The maximum absolute atomic E-state index is 12.6. The number of aryl methyl sites for hydroxylation is 1. The Morgan fingerprint density at radius 1 is 1.21 bits per heavy atom. The molecular weight excluding hydrogens is 318 g/mol. The number of thiazole rings is 1. The fourth-order valence-electron chi connectivity index (χ4n) is 3.13. The number of hydrogen-bond donors (Lipinski definition) is 0. The van der Waals surface area contributed by atoms with E-state index in [-0.39, 0.29) is 11.8 Å². The van der Waals surface area contributed by atoms with Gasteiger partial charge in [0, 0.05) is 44.0 Å². The summed E-state index contributed by atoms with van der Waals surface area (Å²) >= 11 is 1.72. The van der Waals surface area contributed by atoms with Gasteiger partial charge in [-0.1, -0.05) is 37.3 Å². The highest BCUT2D eigenvalue weighted by molar-refractivity contribution is 7.09. The van der Waals surface area contributed by atoms with Crippen LogP contribution in [0.4, 0.5) is 0 Å². The first-order valence-electron chi connectivity index (χ1n) is 8.57. The van der Waals surface area contributed by atoms with Crippen LogP contribution in [-0.2, 0) is 11.3 Å².